The van der Waals surface area contributed by atoms with Crippen LogP contribution in [0.1, 0.15) is 47.3 Å². The Morgan fingerprint density at radius 2 is 1.60 bits per heavy atom. The smallest absolute Gasteiger partial charge is 0.219 e. The number of anilines is 2. The summed E-state index contributed by atoms with van der Waals surface area (Å²) in [7, 11) is 0. The number of benzene rings is 1. The molecule has 1 fully saturated rings. The second kappa shape index (κ2) is 8.40. The summed E-state index contributed by atoms with van der Waals surface area (Å²) < 4.78 is 30.0. The first-order valence-corrected chi connectivity index (χ1v) is 11.7. The fraction of sp³-hybridized carbons (Fsp3) is 0.375. The average molecular weight is 478 g/mol. The van der Waals surface area contributed by atoms with Crippen LogP contribution in [-0.4, -0.2) is 48.0 Å². The highest BCUT2D eigenvalue weighted by Gasteiger charge is 2.32. The van der Waals surface area contributed by atoms with Gasteiger partial charge in [-0.1, -0.05) is 0 Å². The molecule has 0 atom stereocenters. The van der Waals surface area contributed by atoms with Gasteiger partial charge in [-0.15, -0.1) is 0 Å². The summed E-state index contributed by atoms with van der Waals surface area (Å²) in [6.07, 6.45) is 8.26. The van der Waals surface area contributed by atoms with E-state index in [0.717, 1.165) is 59.8 Å². The van der Waals surface area contributed by atoms with Crippen molar-refractivity contribution in [2.24, 2.45) is 0 Å². The second-order valence-electron chi connectivity index (χ2n) is 9.29. The number of H-pyrrole nitrogens is 1. The zero-order valence-electron chi connectivity index (χ0n) is 19.2. The third-order valence-corrected chi connectivity index (χ3v) is 7.19. The number of hydrogen-bond donors (Lipinski definition) is 2. The maximum absolute atomic E-state index is 13.9. The van der Waals surface area contributed by atoms with Crippen LogP contribution in [0.25, 0.3) is 11.4 Å². The largest absolute Gasteiger partial charge is 0.368 e. The maximum Gasteiger partial charge on any atom is 0.219 e. The minimum atomic E-state index is -0.812. The van der Waals surface area contributed by atoms with Crippen molar-refractivity contribution in [1.29, 1.82) is 0 Å². The summed E-state index contributed by atoms with van der Waals surface area (Å²) in [6.45, 7) is 3.65. The van der Waals surface area contributed by atoms with Gasteiger partial charge in [0.25, 0.3) is 0 Å². The Bertz CT molecular complexity index is 1340. The molecule has 0 amide bonds. The zero-order valence-corrected chi connectivity index (χ0v) is 19.2. The molecule has 11 heteroatoms. The molecular formula is C24H25F2N9. The number of halogens is 2. The lowest BCUT2D eigenvalue weighted by Crippen LogP contribution is -2.35. The van der Waals surface area contributed by atoms with Crippen LogP contribution in [0.15, 0.2) is 30.7 Å². The summed E-state index contributed by atoms with van der Waals surface area (Å²) in [5.74, 6) is 0.615. The van der Waals surface area contributed by atoms with Crippen molar-refractivity contribution < 1.29 is 8.78 Å². The molecule has 0 spiro atoms. The van der Waals surface area contributed by atoms with Crippen molar-refractivity contribution in [3.63, 3.8) is 0 Å². The molecule has 1 aromatic carbocycles. The number of imidazole rings is 1. The number of aromatic amines is 1. The van der Waals surface area contributed by atoms with Gasteiger partial charge in [-0.05, 0) is 55.9 Å². The molecule has 4 heterocycles. The van der Waals surface area contributed by atoms with Gasteiger partial charge in [0.15, 0.2) is 11.6 Å². The summed E-state index contributed by atoms with van der Waals surface area (Å²) in [6, 6.07) is 2.60. The van der Waals surface area contributed by atoms with E-state index in [2.05, 4.69) is 34.8 Å². The maximum atomic E-state index is 13.9. The van der Waals surface area contributed by atoms with Gasteiger partial charge < -0.3 is 15.2 Å². The molecular weight excluding hydrogens is 452 g/mol. The van der Waals surface area contributed by atoms with Crippen LogP contribution in [0, 0.1) is 18.6 Å². The highest BCUT2D eigenvalue weighted by Crippen LogP contribution is 2.39. The molecule has 35 heavy (non-hydrogen) atoms. The predicted molar refractivity (Wildman–Crippen MR) is 126 cm³/mol. The van der Waals surface area contributed by atoms with Gasteiger partial charge in [0.1, 0.15) is 11.6 Å². The third kappa shape index (κ3) is 3.80. The van der Waals surface area contributed by atoms with Crippen LogP contribution >= 0.6 is 0 Å². The van der Waals surface area contributed by atoms with Crippen LogP contribution in [0.5, 0.6) is 0 Å². The Hall–Kier alpha value is -3.89. The van der Waals surface area contributed by atoms with Crippen molar-refractivity contribution in [2.45, 2.75) is 44.6 Å². The van der Waals surface area contributed by atoms with Crippen molar-refractivity contribution >= 4 is 11.8 Å². The molecule has 2 aliphatic rings. The second-order valence-corrected chi connectivity index (χ2v) is 9.29. The fourth-order valence-electron chi connectivity index (χ4n) is 5.45. The lowest BCUT2D eigenvalue weighted by Gasteiger charge is -2.34. The molecule has 1 aliphatic carbocycles. The topological polar surface area (TPSA) is 114 Å². The molecule has 0 unspecified atom stereocenters. The van der Waals surface area contributed by atoms with Crippen molar-refractivity contribution in [3.8, 4) is 11.4 Å². The van der Waals surface area contributed by atoms with Gasteiger partial charge in [-0.3, -0.25) is 0 Å². The van der Waals surface area contributed by atoms with Gasteiger partial charge >= 0.3 is 0 Å². The highest BCUT2D eigenvalue weighted by molar-refractivity contribution is 5.60. The molecule has 0 radical (unpaired) electrons. The Balaban J connectivity index is 1.34. The normalized spacial score (nSPS) is 16.7. The van der Waals surface area contributed by atoms with Crippen LogP contribution in [0.3, 0.4) is 0 Å². The lowest BCUT2D eigenvalue weighted by atomic mass is 9.92. The number of aryl methyl sites for hydroxylation is 1. The molecule has 3 N–H and O–H groups in total. The standard InChI is InChI=1S/C24H25F2N9/c1-13-22(32-33-31-13)14-2-4-34(5-3-14)21-12-28-23(17-10-29-24(27)30-11-17)35(21)18-6-15-8-19(25)20(26)9-16(15)7-18/h8-12,14,18H,2-7H2,1H3,(H2,27,29,30)(H,31,32,33). The summed E-state index contributed by atoms with van der Waals surface area (Å²) in [5, 5.41) is 11.2. The summed E-state index contributed by atoms with van der Waals surface area (Å²) >= 11 is 0. The van der Waals surface area contributed by atoms with E-state index in [4.69, 9.17) is 10.7 Å². The first kappa shape index (κ1) is 21.6. The number of nitrogens with zero attached hydrogens (tertiary/aromatic N) is 7. The van der Waals surface area contributed by atoms with Crippen molar-refractivity contribution in [3.05, 3.63) is 64.9 Å². The Morgan fingerprint density at radius 3 is 2.20 bits per heavy atom. The monoisotopic (exact) mass is 477 g/mol. The van der Waals surface area contributed by atoms with Crippen LogP contribution < -0.4 is 10.6 Å². The van der Waals surface area contributed by atoms with Crippen LogP contribution in [0.4, 0.5) is 20.5 Å². The number of aromatic nitrogens is 7. The quantitative estimate of drug-likeness (QED) is 0.463. The van der Waals surface area contributed by atoms with Gasteiger partial charge in [-0.25, -0.2) is 23.7 Å². The van der Waals surface area contributed by atoms with Crippen molar-refractivity contribution in [1.82, 2.24) is 34.9 Å². The minimum absolute atomic E-state index is 0.0354. The van der Waals surface area contributed by atoms with E-state index in [1.165, 1.54) is 12.1 Å². The number of nitrogen functional groups attached to an aromatic ring is 1. The number of fused-ring (bicyclic) bond motifs is 1. The highest BCUT2D eigenvalue weighted by atomic mass is 19.2. The van der Waals surface area contributed by atoms with Crippen molar-refractivity contribution in [2.75, 3.05) is 23.7 Å². The predicted octanol–water partition coefficient (Wildman–Crippen LogP) is 3.35. The van der Waals surface area contributed by atoms with Gasteiger partial charge in [0.2, 0.25) is 5.95 Å². The van der Waals surface area contributed by atoms with E-state index < -0.39 is 11.6 Å². The minimum Gasteiger partial charge on any atom is -0.368 e. The first-order valence-electron chi connectivity index (χ1n) is 11.7. The lowest BCUT2D eigenvalue weighted by molar-refractivity contribution is 0.471. The van der Waals surface area contributed by atoms with E-state index in [-0.39, 0.29) is 12.0 Å². The van der Waals surface area contributed by atoms with Gasteiger partial charge in [-0.2, -0.15) is 15.4 Å². The van der Waals surface area contributed by atoms with E-state index in [1.54, 1.807) is 12.4 Å². The van der Waals surface area contributed by atoms with E-state index >= 15 is 0 Å². The van der Waals surface area contributed by atoms with E-state index in [9.17, 15) is 8.78 Å². The Labute approximate surface area is 200 Å². The Kier molecular flexibility index (Phi) is 5.19. The molecule has 180 valence electrons. The molecule has 1 aliphatic heterocycles. The number of piperidine rings is 1. The van der Waals surface area contributed by atoms with E-state index in [0.29, 0.717) is 24.6 Å². The third-order valence-electron chi connectivity index (χ3n) is 7.19. The molecule has 1 saturated heterocycles. The fourth-order valence-corrected chi connectivity index (χ4v) is 5.45. The first-order chi connectivity index (χ1) is 17.0. The van der Waals surface area contributed by atoms with Gasteiger partial charge in [0.05, 0.1) is 23.1 Å². The molecule has 9 nitrogen and oxygen atoms in total. The molecule has 3 aromatic heterocycles. The average Bonchev–Trinajstić information content (AvgIpc) is 3.58. The summed E-state index contributed by atoms with van der Waals surface area (Å²) in [5.41, 5.74) is 10.1. The SMILES string of the molecule is Cc1n[nH]nc1C1CCN(c2cnc(-c3cnc(N)nc3)n2C2Cc3cc(F)c(F)cc3C2)CC1. The van der Waals surface area contributed by atoms with E-state index in [1.807, 2.05) is 13.1 Å². The molecule has 0 bridgehead atoms. The van der Waals surface area contributed by atoms with Crippen LogP contribution in [-0.2, 0) is 12.8 Å². The summed E-state index contributed by atoms with van der Waals surface area (Å²) in [4.78, 5) is 15.3. The zero-order chi connectivity index (χ0) is 24.1. The number of nitrogens with two attached hydrogens (primary N) is 1. The molecule has 4 aromatic rings. The van der Waals surface area contributed by atoms with Gasteiger partial charge in [0, 0.05) is 37.4 Å². The number of nitrogens with one attached hydrogen (secondary N) is 1. The van der Waals surface area contributed by atoms with Crippen LogP contribution in [0.2, 0.25) is 0 Å². The molecule has 0 saturated carbocycles. The Morgan fingerprint density at radius 1 is 0.943 bits per heavy atom. The number of rotatable bonds is 4. The molecule has 6 rings (SSSR count). The number of hydrogen-bond acceptors (Lipinski definition) is 7.